The van der Waals surface area contributed by atoms with Gasteiger partial charge in [0.05, 0.1) is 18.7 Å². The third-order valence-corrected chi connectivity index (χ3v) is 5.79. The van der Waals surface area contributed by atoms with E-state index < -0.39 is 0 Å². The predicted octanol–water partition coefficient (Wildman–Crippen LogP) is 3.49. The molecule has 0 radical (unpaired) electrons. The number of methoxy groups -OCH3 is 1. The summed E-state index contributed by atoms with van der Waals surface area (Å²) in [5.74, 6) is 2.36. The number of ether oxygens (including phenoxy) is 2. The van der Waals surface area contributed by atoms with E-state index in [1.807, 2.05) is 43.5 Å². The molecule has 0 amide bonds. The summed E-state index contributed by atoms with van der Waals surface area (Å²) in [7, 11) is 3.47. The number of hydrogen-bond donors (Lipinski definition) is 2. The van der Waals surface area contributed by atoms with Crippen LogP contribution in [0.25, 0.3) is 0 Å². The summed E-state index contributed by atoms with van der Waals surface area (Å²) in [5, 5.41) is 10.5. The molecule has 0 atom stereocenters. The normalized spacial score (nSPS) is 15.4. The summed E-state index contributed by atoms with van der Waals surface area (Å²) in [6, 6.07) is 10.8. The highest BCUT2D eigenvalue weighted by Crippen LogP contribution is 2.28. The minimum absolute atomic E-state index is 0.442. The molecule has 1 saturated heterocycles. The molecule has 28 heavy (non-hydrogen) atoms. The fourth-order valence-corrected chi connectivity index (χ4v) is 4.15. The van der Waals surface area contributed by atoms with Crippen molar-refractivity contribution in [2.24, 2.45) is 4.99 Å². The average molecular weight is 403 g/mol. The monoisotopic (exact) mass is 402 g/mol. The fourth-order valence-electron chi connectivity index (χ4n) is 3.37. The van der Waals surface area contributed by atoms with Gasteiger partial charge in [0.15, 0.2) is 17.5 Å². The van der Waals surface area contributed by atoms with E-state index >= 15 is 0 Å². The van der Waals surface area contributed by atoms with Crippen molar-refractivity contribution in [3.8, 4) is 11.5 Å². The highest BCUT2D eigenvalue weighted by Gasteiger charge is 2.20. The largest absolute Gasteiger partial charge is 0.493 e. The van der Waals surface area contributed by atoms with Gasteiger partial charge in [0, 0.05) is 32.7 Å². The molecule has 152 valence electrons. The van der Waals surface area contributed by atoms with Gasteiger partial charge in [-0.15, -0.1) is 11.3 Å². The first-order valence-electron chi connectivity index (χ1n) is 9.78. The Kier molecular flexibility index (Phi) is 7.42. The van der Waals surface area contributed by atoms with Crippen LogP contribution in [0, 0.1) is 0 Å². The minimum Gasteiger partial charge on any atom is -0.493 e. The van der Waals surface area contributed by atoms with Gasteiger partial charge in [-0.3, -0.25) is 4.99 Å². The van der Waals surface area contributed by atoms with Crippen molar-refractivity contribution in [1.29, 1.82) is 0 Å². The molecule has 0 spiro atoms. The van der Waals surface area contributed by atoms with E-state index in [9.17, 15) is 0 Å². The van der Waals surface area contributed by atoms with Crippen LogP contribution in [0.15, 0.2) is 40.7 Å². The Morgan fingerprint density at radius 1 is 1.25 bits per heavy atom. The van der Waals surface area contributed by atoms with E-state index in [1.54, 1.807) is 7.11 Å². The maximum atomic E-state index is 5.66. The third-order valence-electron chi connectivity index (χ3n) is 4.87. The Morgan fingerprint density at radius 3 is 2.71 bits per heavy atom. The van der Waals surface area contributed by atoms with Gasteiger partial charge in [0.25, 0.3) is 0 Å². The molecule has 0 bridgehead atoms. The molecular weight excluding hydrogens is 372 g/mol. The van der Waals surface area contributed by atoms with Crippen LogP contribution >= 0.6 is 11.3 Å². The maximum absolute atomic E-state index is 5.66. The Hall–Kier alpha value is -2.41. The number of piperidine rings is 1. The lowest BCUT2D eigenvalue weighted by Crippen LogP contribution is -2.48. The SMILES string of the molecule is CCOc1cc(CNC(=NC)NC2CCN(c3cccs3)CC2)ccc1OC. The van der Waals surface area contributed by atoms with Gasteiger partial charge in [0.1, 0.15) is 0 Å². The first kappa shape index (κ1) is 20.3. The number of aliphatic imine (C=N–C) groups is 1. The lowest BCUT2D eigenvalue weighted by atomic mass is 10.1. The van der Waals surface area contributed by atoms with E-state index in [-0.39, 0.29) is 0 Å². The standard InChI is InChI=1S/C21H30N4O2S/c1-4-27-19-14-16(7-8-18(19)26-3)15-23-21(22-2)24-17-9-11-25(12-10-17)20-6-5-13-28-20/h5-8,13-14,17H,4,9-12,15H2,1-3H3,(H2,22,23,24). The first-order chi connectivity index (χ1) is 13.7. The molecule has 3 rings (SSSR count). The van der Waals surface area contributed by atoms with Gasteiger partial charge >= 0.3 is 0 Å². The van der Waals surface area contributed by atoms with E-state index in [1.165, 1.54) is 5.00 Å². The summed E-state index contributed by atoms with van der Waals surface area (Å²) < 4.78 is 11.0. The Balaban J connectivity index is 1.49. The lowest BCUT2D eigenvalue weighted by molar-refractivity contribution is 0.310. The van der Waals surface area contributed by atoms with Crippen molar-refractivity contribution in [3.63, 3.8) is 0 Å². The number of nitrogens with one attached hydrogen (secondary N) is 2. The summed E-state index contributed by atoms with van der Waals surface area (Å²) in [6.07, 6.45) is 2.21. The van der Waals surface area contributed by atoms with Crippen LogP contribution in [0.5, 0.6) is 11.5 Å². The number of benzene rings is 1. The summed E-state index contributed by atoms with van der Waals surface area (Å²) in [4.78, 5) is 6.85. The average Bonchev–Trinajstić information content (AvgIpc) is 3.27. The summed E-state index contributed by atoms with van der Waals surface area (Å²) >= 11 is 1.81. The second-order valence-corrected chi connectivity index (χ2v) is 7.63. The number of rotatable bonds is 7. The van der Waals surface area contributed by atoms with Crippen molar-refractivity contribution in [2.45, 2.75) is 32.4 Å². The fraction of sp³-hybridized carbons (Fsp3) is 0.476. The van der Waals surface area contributed by atoms with Crippen molar-refractivity contribution >= 4 is 22.3 Å². The van der Waals surface area contributed by atoms with Crippen molar-refractivity contribution in [2.75, 3.05) is 38.8 Å². The quantitative estimate of drug-likeness (QED) is 0.548. The Bertz CT molecular complexity index is 756. The van der Waals surface area contributed by atoms with Gasteiger partial charge in [-0.25, -0.2) is 0 Å². The molecule has 2 aromatic rings. The Labute approximate surface area is 171 Å². The van der Waals surface area contributed by atoms with Gasteiger partial charge < -0.3 is 25.0 Å². The molecule has 0 unspecified atom stereocenters. The number of anilines is 1. The molecule has 1 aromatic carbocycles. The third kappa shape index (κ3) is 5.32. The smallest absolute Gasteiger partial charge is 0.191 e. The van der Waals surface area contributed by atoms with Crippen molar-refractivity contribution in [3.05, 3.63) is 41.3 Å². The van der Waals surface area contributed by atoms with Crippen LogP contribution < -0.4 is 25.0 Å². The lowest BCUT2D eigenvalue weighted by Gasteiger charge is -2.33. The zero-order chi connectivity index (χ0) is 19.8. The molecule has 0 saturated carbocycles. The zero-order valence-electron chi connectivity index (χ0n) is 16.9. The van der Waals surface area contributed by atoms with Crippen molar-refractivity contribution < 1.29 is 9.47 Å². The predicted molar refractivity (Wildman–Crippen MR) is 117 cm³/mol. The van der Waals surface area contributed by atoms with E-state index in [2.05, 4.69) is 38.0 Å². The number of nitrogens with zero attached hydrogens (tertiary/aromatic N) is 2. The molecule has 1 fully saturated rings. The van der Waals surface area contributed by atoms with Gasteiger partial charge in [-0.05, 0) is 55.0 Å². The van der Waals surface area contributed by atoms with Gasteiger partial charge in [0.2, 0.25) is 0 Å². The molecule has 1 aliphatic heterocycles. The van der Waals surface area contributed by atoms with Crippen LogP contribution in [-0.2, 0) is 6.54 Å². The second-order valence-electron chi connectivity index (χ2n) is 6.70. The molecule has 6 nitrogen and oxygen atoms in total. The highest BCUT2D eigenvalue weighted by molar-refractivity contribution is 7.14. The number of thiophene rings is 1. The summed E-state index contributed by atoms with van der Waals surface area (Å²) in [6.45, 7) is 5.41. The zero-order valence-corrected chi connectivity index (χ0v) is 17.7. The molecular formula is C21H30N4O2S. The van der Waals surface area contributed by atoms with E-state index in [4.69, 9.17) is 9.47 Å². The Morgan fingerprint density at radius 2 is 2.07 bits per heavy atom. The second kappa shape index (κ2) is 10.2. The highest BCUT2D eigenvalue weighted by atomic mass is 32.1. The van der Waals surface area contributed by atoms with Gasteiger partial charge in [-0.1, -0.05) is 6.07 Å². The maximum Gasteiger partial charge on any atom is 0.191 e. The first-order valence-corrected chi connectivity index (χ1v) is 10.7. The summed E-state index contributed by atoms with van der Waals surface area (Å²) in [5.41, 5.74) is 1.12. The van der Waals surface area contributed by atoms with Crippen molar-refractivity contribution in [1.82, 2.24) is 10.6 Å². The molecule has 2 heterocycles. The van der Waals surface area contributed by atoms with Crippen LogP contribution in [-0.4, -0.2) is 45.9 Å². The topological polar surface area (TPSA) is 58.1 Å². The number of guanidine groups is 1. The molecule has 0 aliphatic carbocycles. The molecule has 7 heteroatoms. The molecule has 1 aromatic heterocycles. The molecule has 1 aliphatic rings. The van der Waals surface area contributed by atoms with Crippen LogP contribution in [0.2, 0.25) is 0 Å². The van der Waals surface area contributed by atoms with Crippen LogP contribution in [0.4, 0.5) is 5.00 Å². The van der Waals surface area contributed by atoms with Gasteiger partial charge in [-0.2, -0.15) is 0 Å². The number of hydrogen-bond acceptors (Lipinski definition) is 5. The minimum atomic E-state index is 0.442. The van der Waals surface area contributed by atoms with E-state index in [0.29, 0.717) is 19.2 Å². The molecule has 2 N–H and O–H groups in total. The van der Waals surface area contributed by atoms with E-state index in [0.717, 1.165) is 49.0 Å². The van der Waals surface area contributed by atoms with Crippen LogP contribution in [0.3, 0.4) is 0 Å². The van der Waals surface area contributed by atoms with Crippen LogP contribution in [0.1, 0.15) is 25.3 Å².